The average molecular weight is 519 g/mol. The largest absolute Gasteiger partial charge is 0.493 e. The number of carbonyl (C=O) groups is 4. The van der Waals surface area contributed by atoms with Crippen molar-refractivity contribution in [3.05, 3.63) is 63.3 Å². The third-order valence-corrected chi connectivity index (χ3v) is 5.21. The quantitative estimate of drug-likeness (QED) is 0.309. The van der Waals surface area contributed by atoms with Gasteiger partial charge in [-0.15, -0.1) is 0 Å². The molecule has 1 fully saturated rings. The van der Waals surface area contributed by atoms with E-state index in [9.17, 15) is 19.2 Å². The van der Waals surface area contributed by atoms with Crippen molar-refractivity contribution in [1.82, 2.24) is 10.2 Å². The van der Waals surface area contributed by atoms with Gasteiger partial charge in [-0.2, -0.15) is 0 Å². The number of ether oxygens (including phenoxy) is 3. The van der Waals surface area contributed by atoms with Gasteiger partial charge in [0.05, 0.1) is 24.3 Å². The fourth-order valence-electron chi connectivity index (χ4n) is 2.94. The SMILES string of the molecule is COC(=O)CN1C(=O)N/C(=C/c2cc(Br)c(OCc3ccc(C(=O)O)cc3)c(OC)c2)C1=O. The molecule has 172 valence electrons. The molecule has 0 saturated carbocycles. The number of amides is 3. The number of nitrogens with zero attached hydrogens (tertiary/aromatic N) is 1. The zero-order chi connectivity index (χ0) is 24.1. The number of benzene rings is 2. The van der Waals surface area contributed by atoms with Crippen LogP contribution < -0.4 is 14.8 Å². The predicted molar refractivity (Wildman–Crippen MR) is 119 cm³/mol. The summed E-state index contributed by atoms with van der Waals surface area (Å²) in [4.78, 5) is 47.6. The standard InChI is InChI=1S/C22H19BrN2O8/c1-31-17-9-13(8-16-20(27)25(22(30)24-16)10-18(26)32-2)7-15(23)19(17)33-11-12-3-5-14(6-4-12)21(28)29/h3-9H,10-11H2,1-2H3,(H,24,30)(H,28,29)/b16-8+. The lowest BCUT2D eigenvalue weighted by atomic mass is 10.1. The predicted octanol–water partition coefficient (Wildman–Crippen LogP) is 2.80. The maximum absolute atomic E-state index is 12.5. The van der Waals surface area contributed by atoms with E-state index in [1.165, 1.54) is 25.3 Å². The maximum atomic E-state index is 12.5. The number of hydrogen-bond acceptors (Lipinski definition) is 7. The van der Waals surface area contributed by atoms with Crippen molar-refractivity contribution in [2.24, 2.45) is 0 Å². The Morgan fingerprint density at radius 3 is 2.45 bits per heavy atom. The molecular weight excluding hydrogens is 500 g/mol. The number of methoxy groups -OCH3 is 2. The molecule has 0 unspecified atom stereocenters. The summed E-state index contributed by atoms with van der Waals surface area (Å²) in [5.41, 5.74) is 1.45. The van der Waals surface area contributed by atoms with Gasteiger partial charge in [0.15, 0.2) is 11.5 Å². The highest BCUT2D eigenvalue weighted by atomic mass is 79.9. The molecular formula is C22H19BrN2O8. The van der Waals surface area contributed by atoms with Crippen molar-refractivity contribution >= 4 is 45.9 Å². The van der Waals surface area contributed by atoms with Crippen molar-refractivity contribution in [3.63, 3.8) is 0 Å². The van der Waals surface area contributed by atoms with Gasteiger partial charge in [0.25, 0.3) is 5.91 Å². The number of hydrogen-bond donors (Lipinski definition) is 2. The molecule has 2 aromatic carbocycles. The van der Waals surface area contributed by atoms with Gasteiger partial charge in [-0.3, -0.25) is 9.59 Å². The summed E-state index contributed by atoms with van der Waals surface area (Å²) in [6, 6.07) is 8.83. The van der Waals surface area contributed by atoms with E-state index < -0.39 is 30.4 Å². The third kappa shape index (κ3) is 5.50. The molecule has 1 saturated heterocycles. The first-order valence-electron chi connectivity index (χ1n) is 9.47. The molecule has 10 nitrogen and oxygen atoms in total. The highest BCUT2D eigenvalue weighted by Crippen LogP contribution is 2.38. The number of esters is 1. The van der Waals surface area contributed by atoms with Gasteiger partial charge in [0, 0.05) is 0 Å². The molecule has 0 bridgehead atoms. The number of carboxylic acids is 1. The van der Waals surface area contributed by atoms with Gasteiger partial charge in [-0.25, -0.2) is 14.5 Å². The van der Waals surface area contributed by atoms with Crippen LogP contribution in [0.15, 0.2) is 46.6 Å². The highest BCUT2D eigenvalue weighted by molar-refractivity contribution is 9.10. The lowest BCUT2D eigenvalue weighted by Crippen LogP contribution is -2.36. The molecule has 1 heterocycles. The third-order valence-electron chi connectivity index (χ3n) is 4.62. The van der Waals surface area contributed by atoms with Crippen LogP contribution in [-0.2, 0) is 20.9 Å². The van der Waals surface area contributed by atoms with Gasteiger partial charge in [-0.05, 0) is 57.4 Å². The van der Waals surface area contributed by atoms with Crippen molar-refractivity contribution in [3.8, 4) is 11.5 Å². The molecule has 1 aliphatic heterocycles. The normalized spacial score (nSPS) is 14.3. The monoisotopic (exact) mass is 518 g/mol. The summed E-state index contributed by atoms with van der Waals surface area (Å²) in [7, 11) is 2.61. The minimum absolute atomic E-state index is 0.00922. The Kier molecular flexibility index (Phi) is 7.34. The molecule has 0 aliphatic carbocycles. The number of rotatable bonds is 8. The Morgan fingerprint density at radius 1 is 1.15 bits per heavy atom. The van der Waals surface area contributed by atoms with Crippen LogP contribution in [0.1, 0.15) is 21.5 Å². The maximum Gasteiger partial charge on any atom is 0.335 e. The fourth-order valence-corrected chi connectivity index (χ4v) is 3.51. The minimum atomic E-state index is -1.01. The molecule has 33 heavy (non-hydrogen) atoms. The Hall–Kier alpha value is -3.86. The fraction of sp³-hybridized carbons (Fsp3) is 0.182. The van der Waals surface area contributed by atoms with E-state index in [2.05, 4.69) is 26.0 Å². The lowest BCUT2D eigenvalue weighted by Gasteiger charge is -2.14. The van der Waals surface area contributed by atoms with Crippen molar-refractivity contribution < 1.29 is 38.5 Å². The molecule has 3 rings (SSSR count). The number of imide groups is 1. The Morgan fingerprint density at radius 2 is 1.85 bits per heavy atom. The first-order chi connectivity index (χ1) is 15.7. The molecule has 11 heteroatoms. The minimum Gasteiger partial charge on any atom is -0.493 e. The van der Waals surface area contributed by atoms with Gasteiger partial charge in [-0.1, -0.05) is 12.1 Å². The summed E-state index contributed by atoms with van der Waals surface area (Å²) in [6.45, 7) is -0.335. The Balaban J connectivity index is 1.79. The molecule has 0 spiro atoms. The number of halogens is 1. The van der Waals surface area contributed by atoms with E-state index in [4.69, 9.17) is 14.6 Å². The first-order valence-corrected chi connectivity index (χ1v) is 10.3. The summed E-state index contributed by atoms with van der Waals surface area (Å²) in [5, 5.41) is 11.4. The van der Waals surface area contributed by atoms with Gasteiger partial charge in [0.1, 0.15) is 18.8 Å². The van der Waals surface area contributed by atoms with E-state index in [1.54, 1.807) is 24.3 Å². The molecule has 2 N–H and O–H groups in total. The topological polar surface area (TPSA) is 131 Å². The van der Waals surface area contributed by atoms with Crippen LogP contribution in [0.2, 0.25) is 0 Å². The van der Waals surface area contributed by atoms with Gasteiger partial charge < -0.3 is 24.6 Å². The molecule has 2 aromatic rings. The van der Waals surface area contributed by atoms with Crippen LogP contribution in [0.3, 0.4) is 0 Å². The van der Waals surface area contributed by atoms with Crippen LogP contribution in [0.25, 0.3) is 6.08 Å². The number of nitrogens with one attached hydrogen (secondary N) is 1. The van der Waals surface area contributed by atoms with Crippen molar-refractivity contribution in [1.29, 1.82) is 0 Å². The number of carbonyl (C=O) groups excluding carboxylic acids is 3. The summed E-state index contributed by atoms with van der Waals surface area (Å²) in [6.07, 6.45) is 1.44. The molecule has 0 radical (unpaired) electrons. The molecule has 0 atom stereocenters. The number of aromatic carboxylic acids is 1. The van der Waals surface area contributed by atoms with Crippen molar-refractivity contribution in [2.45, 2.75) is 6.61 Å². The van der Waals surface area contributed by atoms with Gasteiger partial charge >= 0.3 is 18.0 Å². The summed E-state index contributed by atoms with van der Waals surface area (Å²) in [5.74, 6) is -1.63. The van der Waals surface area contributed by atoms with E-state index in [1.807, 2.05) is 0 Å². The summed E-state index contributed by atoms with van der Waals surface area (Å²) >= 11 is 3.42. The van der Waals surface area contributed by atoms with Crippen LogP contribution in [0.5, 0.6) is 11.5 Å². The number of urea groups is 1. The van der Waals surface area contributed by atoms with E-state index in [0.717, 1.165) is 17.6 Å². The van der Waals surface area contributed by atoms with E-state index >= 15 is 0 Å². The molecule has 1 aliphatic rings. The summed E-state index contributed by atoms with van der Waals surface area (Å²) < 4.78 is 16.3. The van der Waals surface area contributed by atoms with E-state index in [-0.39, 0.29) is 17.9 Å². The van der Waals surface area contributed by atoms with E-state index in [0.29, 0.717) is 21.5 Å². The van der Waals surface area contributed by atoms with Crippen LogP contribution in [0, 0.1) is 0 Å². The van der Waals surface area contributed by atoms with Crippen LogP contribution in [0.4, 0.5) is 4.79 Å². The molecule has 3 amide bonds. The Bertz CT molecular complexity index is 1140. The molecule has 0 aromatic heterocycles. The first kappa shape index (κ1) is 23.8. The number of carboxylic acid groups (broad SMARTS) is 1. The Labute approximate surface area is 196 Å². The average Bonchev–Trinajstić information content (AvgIpc) is 3.05. The van der Waals surface area contributed by atoms with Crippen LogP contribution in [-0.4, -0.2) is 54.6 Å². The second kappa shape index (κ2) is 10.2. The zero-order valence-electron chi connectivity index (χ0n) is 17.6. The van der Waals surface area contributed by atoms with Crippen molar-refractivity contribution in [2.75, 3.05) is 20.8 Å². The highest BCUT2D eigenvalue weighted by Gasteiger charge is 2.35. The second-order valence-corrected chi connectivity index (χ2v) is 7.63. The smallest absolute Gasteiger partial charge is 0.335 e. The zero-order valence-corrected chi connectivity index (χ0v) is 19.2. The lowest BCUT2D eigenvalue weighted by molar-refractivity contribution is -0.143. The second-order valence-electron chi connectivity index (χ2n) is 6.78. The van der Waals surface area contributed by atoms with Crippen LogP contribution >= 0.6 is 15.9 Å². The van der Waals surface area contributed by atoms with Gasteiger partial charge in [0.2, 0.25) is 0 Å².